The Balaban J connectivity index is 3.68. The fourth-order valence-corrected chi connectivity index (χ4v) is 6.45. The summed E-state index contributed by atoms with van der Waals surface area (Å²) in [6.07, 6.45) is 0. The molecule has 1 aromatic carbocycles. The summed E-state index contributed by atoms with van der Waals surface area (Å²) < 4.78 is -19.8. The maximum atomic E-state index is 6.43. The molecule has 1 aromatic rings. The van der Waals surface area contributed by atoms with Gasteiger partial charge in [-0.2, -0.15) is 0 Å². The van der Waals surface area contributed by atoms with Crippen LogP contribution in [0.4, 0.5) is 0 Å². The van der Waals surface area contributed by atoms with Gasteiger partial charge in [-0.15, -0.1) is 0 Å². The number of benzene rings is 1. The maximum absolute atomic E-state index is 6.43. The summed E-state index contributed by atoms with van der Waals surface area (Å²) in [4.78, 5) is 0. The van der Waals surface area contributed by atoms with E-state index in [1.54, 1.807) is 0 Å². The average Bonchev–Trinajstić information content (AvgIpc) is 2.59. The Morgan fingerprint density at radius 1 is 0.375 bits per heavy atom. The molecule has 0 atom stereocenters. The zero-order valence-electron chi connectivity index (χ0n) is 14.1. The minimum Gasteiger partial charge on any atom is -0.0943 e. The first-order valence-corrected chi connectivity index (χ1v) is 14.0. The van der Waals surface area contributed by atoms with E-state index in [1.165, 1.54) is 24.3 Å². The molecule has 0 bridgehead atoms. The first-order chi connectivity index (χ1) is 13.7. The summed E-state index contributed by atoms with van der Waals surface area (Å²) in [5.74, 6) is 0. The molecule has 0 aromatic heterocycles. The monoisotopic (exact) mass is 801 g/mol. The fourth-order valence-electron chi connectivity index (χ4n) is 2.02. The molecule has 1 rings (SSSR count). The van der Waals surface area contributed by atoms with Crippen molar-refractivity contribution in [2.24, 2.45) is 0 Å². The Morgan fingerprint density at radius 2 is 0.625 bits per heavy atom. The van der Waals surface area contributed by atoms with Crippen LogP contribution in [0.5, 0.6) is 0 Å². The van der Waals surface area contributed by atoms with Gasteiger partial charge in [0.15, 0.2) is 17.3 Å². The van der Waals surface area contributed by atoms with Crippen LogP contribution in [0.2, 0.25) is 0 Å². The molecule has 0 N–H and O–H groups in total. The van der Waals surface area contributed by atoms with Crippen LogP contribution in [0.1, 0.15) is 11.1 Å². The normalized spacial score (nSPS) is 15.8. The second kappa shape index (κ2) is 10.8. The lowest BCUT2D eigenvalue weighted by molar-refractivity contribution is 0.590. The van der Waals surface area contributed by atoms with Crippen molar-refractivity contribution in [3.8, 4) is 0 Å². The van der Waals surface area contributed by atoms with Gasteiger partial charge in [0.2, 0.25) is 16.3 Å². The predicted octanol–water partition coefficient (Wildman–Crippen LogP) is 12.4. The van der Waals surface area contributed by atoms with Crippen LogP contribution in [-0.4, -0.2) is 24.9 Å². The molecule has 0 saturated heterocycles. The number of hydrogen-bond acceptors (Lipinski definition) is 0. The standard InChI is InChI=1S/C14H4Cl18/c15-7(16,9(19,20)11(23,24)13(27,28)29)5-2-1-3-6(4-5)8(17,18)10(21,22)12(25,26)14(30,31)32/h1-4H. The summed E-state index contributed by atoms with van der Waals surface area (Å²) in [5.41, 5.74) is -0.191. The van der Waals surface area contributed by atoms with Crippen LogP contribution in [0.25, 0.3) is 0 Å². The number of rotatable bonds is 6. The van der Waals surface area contributed by atoms with E-state index in [1.807, 2.05) is 0 Å². The molecule has 0 heterocycles. The van der Waals surface area contributed by atoms with Crippen molar-refractivity contribution in [3.63, 3.8) is 0 Å². The Bertz CT molecular complexity index is 762. The molecular weight excluding hydrogens is 806 g/mol. The van der Waals surface area contributed by atoms with Gasteiger partial charge in [0.1, 0.15) is 0 Å². The average molecular weight is 810 g/mol. The van der Waals surface area contributed by atoms with Gasteiger partial charge in [0.25, 0.3) is 0 Å². The van der Waals surface area contributed by atoms with Crippen LogP contribution in [0.15, 0.2) is 24.3 Å². The molecule has 0 unspecified atom stereocenters. The van der Waals surface area contributed by atoms with E-state index in [-0.39, 0.29) is 11.1 Å². The van der Waals surface area contributed by atoms with Crippen molar-refractivity contribution in [1.29, 1.82) is 0 Å². The highest BCUT2D eigenvalue weighted by atomic mass is 35.6. The van der Waals surface area contributed by atoms with E-state index in [0.29, 0.717) is 0 Å². The van der Waals surface area contributed by atoms with Gasteiger partial charge >= 0.3 is 0 Å². The van der Waals surface area contributed by atoms with E-state index >= 15 is 0 Å². The first kappa shape index (κ1) is 34.5. The number of alkyl halides is 18. The zero-order valence-corrected chi connectivity index (χ0v) is 27.7. The summed E-state index contributed by atoms with van der Waals surface area (Å²) in [6.45, 7) is 0. The van der Waals surface area contributed by atoms with Crippen molar-refractivity contribution in [2.45, 2.75) is 33.6 Å². The molecule has 0 aliphatic carbocycles. The van der Waals surface area contributed by atoms with Crippen LogP contribution in [0, 0.1) is 0 Å². The highest BCUT2D eigenvalue weighted by Crippen LogP contribution is 2.67. The van der Waals surface area contributed by atoms with E-state index in [9.17, 15) is 0 Å². The van der Waals surface area contributed by atoms with Crippen LogP contribution in [0.3, 0.4) is 0 Å². The molecule has 0 fully saturated rings. The number of hydrogen-bond donors (Lipinski definition) is 0. The van der Waals surface area contributed by atoms with Gasteiger partial charge in [-0.1, -0.05) is 227 Å². The van der Waals surface area contributed by atoms with Gasteiger partial charge in [-0.3, -0.25) is 0 Å². The van der Waals surface area contributed by atoms with Gasteiger partial charge < -0.3 is 0 Å². The molecule has 0 nitrogen and oxygen atoms in total. The summed E-state index contributed by atoms with van der Waals surface area (Å²) in [7, 11) is 0. The minimum atomic E-state index is -2.56. The summed E-state index contributed by atoms with van der Waals surface area (Å²) in [5, 5.41) is 0. The Kier molecular flexibility index (Phi) is 11.6. The molecule has 0 amide bonds. The van der Waals surface area contributed by atoms with Crippen molar-refractivity contribution >= 4 is 209 Å². The summed E-state index contributed by atoms with van der Waals surface area (Å²) >= 11 is 110. The molecule has 0 spiro atoms. The second-order valence-corrected chi connectivity index (χ2v) is 18.5. The van der Waals surface area contributed by atoms with Crippen molar-refractivity contribution in [1.82, 2.24) is 0 Å². The highest BCUT2D eigenvalue weighted by molar-refractivity contribution is 6.81. The molecule has 0 radical (unpaired) electrons. The SMILES string of the molecule is ClC(Cl)(Cl)C(Cl)(Cl)C(Cl)(Cl)C(Cl)(Cl)c1cccc(C(Cl)(Cl)C(Cl)(Cl)C(Cl)(Cl)C(Cl)(Cl)Cl)c1. The van der Waals surface area contributed by atoms with Gasteiger partial charge in [0, 0.05) is 0 Å². The largest absolute Gasteiger partial charge is 0.226 e. The van der Waals surface area contributed by atoms with Crippen molar-refractivity contribution < 1.29 is 0 Å². The first-order valence-electron chi connectivity index (χ1n) is 7.22. The lowest BCUT2D eigenvalue weighted by atomic mass is 9.99. The van der Waals surface area contributed by atoms with Crippen LogP contribution >= 0.6 is 209 Å². The molecule has 0 aliphatic heterocycles. The second-order valence-electron chi connectivity index (χ2n) is 6.02. The molecule has 18 heteroatoms. The Hall–Kier alpha value is 4.44. The van der Waals surface area contributed by atoms with E-state index in [2.05, 4.69) is 0 Å². The smallest absolute Gasteiger partial charge is 0.0943 e. The third kappa shape index (κ3) is 5.95. The van der Waals surface area contributed by atoms with Crippen molar-refractivity contribution in [3.05, 3.63) is 35.4 Å². The third-order valence-corrected chi connectivity index (χ3v) is 14.8. The van der Waals surface area contributed by atoms with Crippen molar-refractivity contribution in [2.75, 3.05) is 0 Å². The quantitative estimate of drug-likeness (QED) is 0.251. The molecule has 0 saturated carbocycles. The van der Waals surface area contributed by atoms with Crippen LogP contribution < -0.4 is 0 Å². The zero-order chi connectivity index (χ0) is 26.0. The molecular formula is C14H4Cl18. The van der Waals surface area contributed by atoms with Crippen LogP contribution in [-0.2, 0) is 8.67 Å². The lowest BCUT2D eigenvalue weighted by Crippen LogP contribution is -2.55. The maximum Gasteiger partial charge on any atom is 0.226 e. The van der Waals surface area contributed by atoms with Gasteiger partial charge in [-0.25, -0.2) is 0 Å². The third-order valence-electron chi connectivity index (χ3n) is 3.88. The summed E-state index contributed by atoms with van der Waals surface area (Å²) in [6, 6.07) is 5.20. The lowest BCUT2D eigenvalue weighted by Gasteiger charge is -2.45. The highest BCUT2D eigenvalue weighted by Gasteiger charge is 2.70. The van der Waals surface area contributed by atoms with E-state index in [4.69, 9.17) is 209 Å². The minimum absolute atomic E-state index is 0.0957. The molecule has 32 heavy (non-hydrogen) atoms. The Labute approximate surface area is 274 Å². The van der Waals surface area contributed by atoms with E-state index < -0.39 is 33.6 Å². The van der Waals surface area contributed by atoms with Gasteiger partial charge in [0.05, 0.1) is 0 Å². The predicted molar refractivity (Wildman–Crippen MR) is 152 cm³/mol. The van der Waals surface area contributed by atoms with E-state index in [0.717, 1.165) is 0 Å². The fraction of sp³-hybridized carbons (Fsp3) is 0.571. The number of halogens is 18. The Morgan fingerprint density at radius 3 is 0.844 bits per heavy atom. The molecule has 186 valence electrons. The molecule has 0 aliphatic rings. The van der Waals surface area contributed by atoms with Gasteiger partial charge in [-0.05, 0) is 17.2 Å². The topological polar surface area (TPSA) is 0 Å².